The monoisotopic (exact) mass is 274 g/mol. The highest BCUT2D eigenvalue weighted by Crippen LogP contribution is 2.07. The van der Waals surface area contributed by atoms with Crippen molar-refractivity contribution in [2.24, 2.45) is 5.73 Å². The third kappa shape index (κ3) is 4.75. The number of nitrogens with two attached hydrogens (primary N) is 1. The van der Waals surface area contributed by atoms with Crippen molar-refractivity contribution in [1.29, 1.82) is 0 Å². The molecule has 0 saturated carbocycles. The van der Waals surface area contributed by atoms with Crippen LogP contribution in [0.3, 0.4) is 0 Å². The fourth-order valence-electron chi connectivity index (χ4n) is 1.58. The average molecular weight is 274 g/mol. The van der Waals surface area contributed by atoms with Gasteiger partial charge in [-0.2, -0.15) is 0 Å². The lowest BCUT2D eigenvalue weighted by Gasteiger charge is -2.16. The molecule has 0 aromatic heterocycles. The second-order valence-electron chi connectivity index (χ2n) is 4.05. The van der Waals surface area contributed by atoms with Crippen molar-refractivity contribution < 1.29 is 14.3 Å². The summed E-state index contributed by atoms with van der Waals surface area (Å²) < 4.78 is 4.81. The van der Waals surface area contributed by atoms with Crippen LogP contribution in [-0.2, 0) is 9.53 Å². The Balaban J connectivity index is 2.78. The Morgan fingerprint density at radius 1 is 1.40 bits per heavy atom. The third-order valence-electron chi connectivity index (χ3n) is 2.46. The van der Waals surface area contributed by atoms with Crippen molar-refractivity contribution in [3.8, 4) is 11.8 Å². The van der Waals surface area contributed by atoms with E-state index in [4.69, 9.17) is 10.5 Å². The first kappa shape index (κ1) is 15.7. The molecule has 1 aromatic carbocycles. The number of hydrogen-bond acceptors (Lipinski definition) is 4. The minimum Gasteiger partial charge on any atom is -0.465 e. The van der Waals surface area contributed by atoms with Crippen LogP contribution in [0.25, 0.3) is 0 Å². The number of hydrogen-bond donors (Lipinski definition) is 1. The molecule has 0 aliphatic carbocycles. The van der Waals surface area contributed by atoms with Gasteiger partial charge in [-0.05, 0) is 25.1 Å². The van der Waals surface area contributed by atoms with Crippen LogP contribution in [0.15, 0.2) is 24.3 Å². The molecular formula is C15H18N2O3. The summed E-state index contributed by atoms with van der Waals surface area (Å²) in [6, 6.07) is 6.89. The van der Waals surface area contributed by atoms with Crippen molar-refractivity contribution in [2.45, 2.75) is 6.92 Å². The Morgan fingerprint density at radius 3 is 2.80 bits per heavy atom. The third-order valence-corrected chi connectivity index (χ3v) is 2.46. The first-order chi connectivity index (χ1) is 9.58. The molecule has 0 unspecified atom stereocenters. The lowest BCUT2D eigenvalue weighted by atomic mass is 10.1. The van der Waals surface area contributed by atoms with Crippen molar-refractivity contribution in [1.82, 2.24) is 4.90 Å². The van der Waals surface area contributed by atoms with Crippen LogP contribution >= 0.6 is 0 Å². The normalized spacial score (nSPS) is 9.35. The topological polar surface area (TPSA) is 72.6 Å². The molecule has 0 fully saturated rings. The first-order valence-corrected chi connectivity index (χ1v) is 6.28. The van der Waals surface area contributed by atoms with Gasteiger partial charge in [0.05, 0.1) is 13.2 Å². The van der Waals surface area contributed by atoms with Gasteiger partial charge in [-0.3, -0.25) is 9.59 Å². The lowest BCUT2D eigenvalue weighted by molar-refractivity contribution is -0.143. The van der Waals surface area contributed by atoms with Crippen molar-refractivity contribution in [2.75, 3.05) is 26.7 Å². The van der Waals surface area contributed by atoms with E-state index in [0.717, 1.165) is 0 Å². The zero-order valence-electron chi connectivity index (χ0n) is 11.7. The quantitative estimate of drug-likeness (QED) is 0.645. The summed E-state index contributed by atoms with van der Waals surface area (Å²) in [6.07, 6.45) is 0. The first-order valence-electron chi connectivity index (χ1n) is 6.28. The van der Waals surface area contributed by atoms with Gasteiger partial charge < -0.3 is 15.4 Å². The standard InChI is InChI=1S/C15H18N2O3/c1-3-20-14(18)11-17(2)15(19)13-8-4-6-12(10-13)7-5-9-16/h4,6,8,10H,3,9,11,16H2,1-2H3. The number of esters is 1. The molecule has 5 nitrogen and oxygen atoms in total. The number of benzene rings is 1. The minimum atomic E-state index is -0.428. The highest BCUT2D eigenvalue weighted by molar-refractivity contribution is 5.96. The second-order valence-corrected chi connectivity index (χ2v) is 4.05. The highest BCUT2D eigenvalue weighted by Gasteiger charge is 2.15. The van der Waals surface area contributed by atoms with Crippen LogP contribution in [0.5, 0.6) is 0 Å². The molecule has 1 aromatic rings. The zero-order valence-corrected chi connectivity index (χ0v) is 11.7. The highest BCUT2D eigenvalue weighted by atomic mass is 16.5. The number of carbonyl (C=O) groups is 2. The van der Waals surface area contributed by atoms with E-state index in [-0.39, 0.29) is 19.0 Å². The van der Waals surface area contributed by atoms with E-state index >= 15 is 0 Å². The molecule has 0 radical (unpaired) electrons. The molecule has 0 heterocycles. The summed E-state index contributed by atoms with van der Waals surface area (Å²) in [5.74, 6) is 4.91. The molecule has 0 aliphatic rings. The molecule has 2 N–H and O–H groups in total. The number of ether oxygens (including phenoxy) is 1. The summed E-state index contributed by atoms with van der Waals surface area (Å²) in [4.78, 5) is 24.8. The molecule has 0 atom stereocenters. The van der Waals surface area contributed by atoms with Gasteiger partial charge in [0.2, 0.25) is 0 Å². The maximum absolute atomic E-state index is 12.2. The lowest BCUT2D eigenvalue weighted by Crippen LogP contribution is -2.33. The average Bonchev–Trinajstić information content (AvgIpc) is 2.44. The molecule has 0 saturated heterocycles. The largest absolute Gasteiger partial charge is 0.465 e. The summed E-state index contributed by atoms with van der Waals surface area (Å²) >= 11 is 0. The van der Waals surface area contributed by atoms with E-state index in [9.17, 15) is 9.59 Å². The maximum atomic E-state index is 12.2. The predicted octanol–water partition coefficient (Wildman–Crippen LogP) is 0.632. The molecule has 1 rings (SSSR count). The fraction of sp³-hybridized carbons (Fsp3) is 0.333. The fourth-order valence-corrected chi connectivity index (χ4v) is 1.58. The number of nitrogens with zero attached hydrogens (tertiary/aromatic N) is 1. The number of likely N-dealkylation sites (N-methyl/N-ethyl adjacent to an activating group) is 1. The van der Waals surface area contributed by atoms with Gasteiger partial charge in [0.15, 0.2) is 0 Å². The number of rotatable bonds is 4. The van der Waals surface area contributed by atoms with Crippen LogP contribution in [0.4, 0.5) is 0 Å². The van der Waals surface area contributed by atoms with Gasteiger partial charge in [-0.25, -0.2) is 0 Å². The van der Waals surface area contributed by atoms with E-state index in [0.29, 0.717) is 17.7 Å². The Labute approximate surface area is 118 Å². The van der Waals surface area contributed by atoms with Gasteiger partial charge in [0, 0.05) is 18.2 Å². The Kier molecular flexibility index (Phi) is 6.27. The van der Waals surface area contributed by atoms with Gasteiger partial charge >= 0.3 is 5.97 Å². The van der Waals surface area contributed by atoms with Crippen LogP contribution in [0, 0.1) is 11.8 Å². The van der Waals surface area contributed by atoms with E-state index in [1.165, 1.54) is 4.90 Å². The Morgan fingerprint density at radius 2 is 2.15 bits per heavy atom. The smallest absolute Gasteiger partial charge is 0.325 e. The summed E-state index contributed by atoms with van der Waals surface area (Å²) in [5, 5.41) is 0. The van der Waals surface area contributed by atoms with Crippen molar-refractivity contribution >= 4 is 11.9 Å². The molecular weight excluding hydrogens is 256 g/mol. The molecule has 0 spiro atoms. The van der Waals surface area contributed by atoms with Crippen LogP contribution < -0.4 is 5.73 Å². The molecule has 1 amide bonds. The Bertz CT molecular complexity index is 544. The SMILES string of the molecule is CCOC(=O)CN(C)C(=O)c1cccc(C#CCN)c1. The molecule has 0 aliphatic heterocycles. The van der Waals surface area contributed by atoms with Crippen LogP contribution in [0.2, 0.25) is 0 Å². The van der Waals surface area contributed by atoms with E-state index < -0.39 is 5.97 Å². The molecule has 20 heavy (non-hydrogen) atoms. The Hall–Kier alpha value is -2.32. The van der Waals surface area contributed by atoms with E-state index in [2.05, 4.69) is 11.8 Å². The van der Waals surface area contributed by atoms with Gasteiger partial charge in [-0.1, -0.05) is 17.9 Å². The van der Waals surface area contributed by atoms with Crippen molar-refractivity contribution in [3.63, 3.8) is 0 Å². The maximum Gasteiger partial charge on any atom is 0.325 e. The predicted molar refractivity (Wildman–Crippen MR) is 76.0 cm³/mol. The second kappa shape index (κ2) is 7.97. The number of amides is 1. The summed E-state index contributed by atoms with van der Waals surface area (Å²) in [5.41, 5.74) is 6.49. The minimum absolute atomic E-state index is 0.0780. The molecule has 0 bridgehead atoms. The van der Waals surface area contributed by atoms with Crippen LogP contribution in [0.1, 0.15) is 22.8 Å². The summed E-state index contributed by atoms with van der Waals surface area (Å²) in [7, 11) is 1.55. The van der Waals surface area contributed by atoms with Gasteiger partial charge in [0.25, 0.3) is 5.91 Å². The zero-order chi connectivity index (χ0) is 15.0. The number of carbonyl (C=O) groups excluding carboxylic acids is 2. The summed E-state index contributed by atoms with van der Waals surface area (Å²) in [6.45, 7) is 2.21. The van der Waals surface area contributed by atoms with Gasteiger partial charge in [0.1, 0.15) is 6.54 Å². The van der Waals surface area contributed by atoms with Crippen LogP contribution in [-0.4, -0.2) is 43.5 Å². The van der Waals surface area contributed by atoms with Crippen molar-refractivity contribution in [3.05, 3.63) is 35.4 Å². The van der Waals surface area contributed by atoms with E-state index in [1.54, 1.807) is 38.2 Å². The molecule has 106 valence electrons. The van der Waals surface area contributed by atoms with Gasteiger partial charge in [-0.15, -0.1) is 0 Å². The molecule has 5 heteroatoms. The van der Waals surface area contributed by atoms with E-state index in [1.807, 2.05) is 0 Å².